The molecule has 2 nitrogen and oxygen atoms in total. The minimum atomic E-state index is -0.574. The Hall–Kier alpha value is -9.76. The lowest BCUT2D eigenvalue weighted by Crippen LogP contribution is -2.28. The van der Waals surface area contributed by atoms with E-state index in [4.69, 9.17) is 0 Å². The van der Waals surface area contributed by atoms with Gasteiger partial charge in [0.2, 0.25) is 0 Å². The number of anilines is 3. The minimum Gasteiger partial charge on any atom is -0.310 e. The van der Waals surface area contributed by atoms with Crippen LogP contribution < -0.4 is 4.90 Å². The van der Waals surface area contributed by atoms with Gasteiger partial charge in [0.1, 0.15) is 0 Å². The van der Waals surface area contributed by atoms with E-state index in [1.54, 1.807) is 0 Å². The van der Waals surface area contributed by atoms with E-state index in [1.807, 2.05) is 0 Å². The zero-order valence-corrected chi connectivity index (χ0v) is 41.3. The molecule has 0 saturated carbocycles. The van der Waals surface area contributed by atoms with Crippen molar-refractivity contribution in [3.8, 4) is 61.3 Å². The SMILES string of the molecule is c1ccc(-c2ccc(N(c3ccc4c(c3)C(c3ccccc3)(c3ccccc3)c3ccccc3-4)c3cc(-c4ccccc4)ccc3-c3ccccc3-c3ccc4c5ccccc5n(-c5ccccc5)c4c3)cc2)cc1. The largest absolute Gasteiger partial charge is 0.310 e. The van der Waals surface area contributed by atoms with E-state index in [0.29, 0.717) is 0 Å². The first-order chi connectivity index (χ1) is 37.2. The van der Waals surface area contributed by atoms with Crippen molar-refractivity contribution in [1.29, 1.82) is 0 Å². The summed E-state index contributed by atoms with van der Waals surface area (Å²) in [4.78, 5) is 2.51. The molecule has 12 aromatic carbocycles. The standard InChI is InChI=1S/C73H50N2/c1-6-22-51(23-7-1)53-38-42-59(43-39-53)74(60-44-47-64-63-34-18-20-36-68(63)73(69(64)50-60,56-26-10-3-11-27-56)57-28-12-4-13-29-57)71-48-54(52-24-8-2-9-25-52)40-45-66(71)62-33-17-16-32-61(62)55-41-46-67-65-35-19-21-37-70(65)75(72(67)49-55)58-30-14-5-15-31-58/h1-50H. The van der Waals surface area contributed by atoms with Crippen molar-refractivity contribution in [2.24, 2.45) is 0 Å². The highest BCUT2D eigenvalue weighted by Crippen LogP contribution is 2.58. The van der Waals surface area contributed by atoms with Crippen LogP contribution in [0.1, 0.15) is 22.3 Å². The van der Waals surface area contributed by atoms with Gasteiger partial charge in [0.25, 0.3) is 0 Å². The molecule has 0 N–H and O–H groups in total. The van der Waals surface area contributed by atoms with Crippen LogP contribution in [-0.4, -0.2) is 4.57 Å². The van der Waals surface area contributed by atoms with Gasteiger partial charge in [-0.3, -0.25) is 0 Å². The minimum absolute atomic E-state index is 0.574. The third-order valence-electron chi connectivity index (χ3n) is 15.5. The Kier molecular flexibility index (Phi) is 10.8. The Bertz CT molecular complexity index is 4160. The summed E-state index contributed by atoms with van der Waals surface area (Å²) in [5, 5.41) is 2.47. The van der Waals surface area contributed by atoms with Gasteiger partial charge in [-0.2, -0.15) is 0 Å². The Labute approximate surface area is 438 Å². The first-order valence-electron chi connectivity index (χ1n) is 25.9. The second kappa shape index (κ2) is 18.4. The smallest absolute Gasteiger partial charge is 0.0714 e. The van der Waals surface area contributed by atoms with Gasteiger partial charge in [-0.15, -0.1) is 0 Å². The Balaban J connectivity index is 1.03. The third-order valence-corrected chi connectivity index (χ3v) is 15.5. The summed E-state index contributed by atoms with van der Waals surface area (Å²) in [5.41, 5.74) is 22.9. The van der Waals surface area contributed by atoms with Crippen LogP contribution >= 0.6 is 0 Å². The van der Waals surface area contributed by atoms with Crippen molar-refractivity contribution < 1.29 is 0 Å². The van der Waals surface area contributed by atoms with Gasteiger partial charge in [-0.1, -0.05) is 249 Å². The summed E-state index contributed by atoms with van der Waals surface area (Å²) >= 11 is 0. The van der Waals surface area contributed by atoms with Gasteiger partial charge in [-0.25, -0.2) is 0 Å². The fourth-order valence-electron chi connectivity index (χ4n) is 12.1. The molecule has 352 valence electrons. The lowest BCUT2D eigenvalue weighted by molar-refractivity contribution is 0.768. The van der Waals surface area contributed by atoms with Crippen molar-refractivity contribution in [2.75, 3.05) is 4.90 Å². The number of hydrogen-bond acceptors (Lipinski definition) is 1. The summed E-state index contributed by atoms with van der Waals surface area (Å²) in [5.74, 6) is 0. The molecule has 0 fully saturated rings. The number of para-hydroxylation sites is 2. The zero-order chi connectivity index (χ0) is 49.7. The van der Waals surface area contributed by atoms with E-state index >= 15 is 0 Å². The molecule has 1 heterocycles. The molecule has 0 amide bonds. The van der Waals surface area contributed by atoms with E-state index in [-0.39, 0.29) is 0 Å². The zero-order valence-electron chi connectivity index (χ0n) is 41.3. The predicted octanol–water partition coefficient (Wildman–Crippen LogP) is 19.3. The number of hydrogen-bond donors (Lipinski definition) is 0. The van der Waals surface area contributed by atoms with Gasteiger partial charge in [-0.05, 0) is 127 Å². The normalized spacial score (nSPS) is 12.4. The average molecular weight is 955 g/mol. The van der Waals surface area contributed by atoms with Crippen molar-refractivity contribution in [3.05, 3.63) is 326 Å². The molecule has 0 aliphatic heterocycles. The molecule has 0 unspecified atom stereocenters. The maximum absolute atomic E-state index is 2.51. The summed E-state index contributed by atoms with van der Waals surface area (Å²) in [6, 6.07) is 112. The quantitative estimate of drug-likeness (QED) is 0.133. The van der Waals surface area contributed by atoms with E-state index in [1.165, 1.54) is 66.3 Å². The van der Waals surface area contributed by atoms with Crippen LogP contribution in [0, 0.1) is 0 Å². The lowest BCUT2D eigenvalue weighted by Gasteiger charge is -2.35. The van der Waals surface area contributed by atoms with Crippen LogP contribution in [-0.2, 0) is 5.41 Å². The molecule has 0 radical (unpaired) electrons. The number of benzene rings is 12. The second-order valence-electron chi connectivity index (χ2n) is 19.6. The molecule has 1 aliphatic rings. The average Bonchev–Trinajstić information content (AvgIpc) is 4.07. The molecule has 1 aliphatic carbocycles. The molecule has 75 heavy (non-hydrogen) atoms. The fraction of sp³-hybridized carbons (Fsp3) is 0.0137. The van der Waals surface area contributed by atoms with E-state index < -0.39 is 5.41 Å². The predicted molar refractivity (Wildman–Crippen MR) is 315 cm³/mol. The van der Waals surface area contributed by atoms with Crippen LogP contribution in [0.2, 0.25) is 0 Å². The van der Waals surface area contributed by atoms with Crippen molar-refractivity contribution in [3.63, 3.8) is 0 Å². The van der Waals surface area contributed by atoms with Gasteiger partial charge < -0.3 is 9.47 Å². The van der Waals surface area contributed by atoms with Crippen LogP contribution in [0.25, 0.3) is 83.1 Å². The maximum atomic E-state index is 2.51. The van der Waals surface area contributed by atoms with Crippen molar-refractivity contribution in [1.82, 2.24) is 4.57 Å². The Morgan fingerprint density at radius 2 is 0.747 bits per heavy atom. The Morgan fingerprint density at radius 1 is 0.267 bits per heavy atom. The first kappa shape index (κ1) is 44.0. The summed E-state index contributed by atoms with van der Waals surface area (Å²) < 4.78 is 2.41. The Morgan fingerprint density at radius 3 is 1.44 bits per heavy atom. The topological polar surface area (TPSA) is 8.17 Å². The van der Waals surface area contributed by atoms with Gasteiger partial charge in [0.15, 0.2) is 0 Å². The molecule has 14 rings (SSSR count). The number of aromatic nitrogens is 1. The van der Waals surface area contributed by atoms with Crippen LogP contribution in [0.3, 0.4) is 0 Å². The summed E-state index contributed by atoms with van der Waals surface area (Å²) in [6.45, 7) is 0. The molecule has 0 bridgehead atoms. The molecular formula is C73H50N2. The van der Waals surface area contributed by atoms with E-state index in [2.05, 4.69) is 313 Å². The highest BCUT2D eigenvalue weighted by atomic mass is 15.1. The van der Waals surface area contributed by atoms with Gasteiger partial charge >= 0.3 is 0 Å². The van der Waals surface area contributed by atoms with Crippen molar-refractivity contribution >= 4 is 38.9 Å². The van der Waals surface area contributed by atoms with Crippen molar-refractivity contribution in [2.45, 2.75) is 5.41 Å². The number of fused-ring (bicyclic) bond motifs is 6. The van der Waals surface area contributed by atoms with Gasteiger partial charge in [0, 0.05) is 33.4 Å². The van der Waals surface area contributed by atoms with E-state index in [0.717, 1.165) is 56.1 Å². The second-order valence-corrected chi connectivity index (χ2v) is 19.6. The lowest BCUT2D eigenvalue weighted by atomic mass is 9.67. The van der Waals surface area contributed by atoms with Crippen LogP contribution in [0.5, 0.6) is 0 Å². The maximum Gasteiger partial charge on any atom is 0.0714 e. The molecule has 1 aromatic heterocycles. The van der Waals surface area contributed by atoms with Gasteiger partial charge in [0.05, 0.1) is 22.1 Å². The summed E-state index contributed by atoms with van der Waals surface area (Å²) in [7, 11) is 0. The van der Waals surface area contributed by atoms with E-state index in [9.17, 15) is 0 Å². The monoisotopic (exact) mass is 954 g/mol. The first-order valence-corrected chi connectivity index (χ1v) is 25.9. The molecule has 13 aromatic rings. The highest BCUT2D eigenvalue weighted by Gasteiger charge is 2.46. The number of rotatable bonds is 10. The fourth-order valence-corrected chi connectivity index (χ4v) is 12.1. The molecule has 0 spiro atoms. The molecule has 2 heteroatoms. The van der Waals surface area contributed by atoms with Crippen LogP contribution in [0.4, 0.5) is 17.1 Å². The summed E-state index contributed by atoms with van der Waals surface area (Å²) in [6.07, 6.45) is 0. The van der Waals surface area contributed by atoms with Crippen LogP contribution in [0.15, 0.2) is 303 Å². The molecule has 0 saturated heterocycles. The molecular weight excluding hydrogens is 905 g/mol. The third kappa shape index (κ3) is 7.33. The number of nitrogens with zero attached hydrogens (tertiary/aromatic N) is 2. The highest BCUT2D eigenvalue weighted by molar-refractivity contribution is 6.11. The molecule has 0 atom stereocenters.